The van der Waals surface area contributed by atoms with Crippen molar-refractivity contribution < 1.29 is 5.11 Å². The van der Waals surface area contributed by atoms with Crippen LogP contribution in [0.1, 0.15) is 32.8 Å². The van der Waals surface area contributed by atoms with Crippen molar-refractivity contribution in [1.29, 1.82) is 5.26 Å². The molecule has 21 heavy (non-hydrogen) atoms. The molecule has 4 heteroatoms. The molecule has 0 aliphatic rings. The highest BCUT2D eigenvalue weighted by atomic mass is 16.3. The monoisotopic (exact) mass is 289 g/mol. The zero-order valence-corrected chi connectivity index (χ0v) is 13.6. The number of rotatable bonds is 8. The van der Waals surface area contributed by atoms with Crippen molar-refractivity contribution in [2.45, 2.75) is 45.9 Å². The Labute approximate surface area is 128 Å². The van der Waals surface area contributed by atoms with Crippen LogP contribution in [0.4, 0.5) is 5.69 Å². The summed E-state index contributed by atoms with van der Waals surface area (Å²) in [4.78, 5) is 4.35. The fourth-order valence-corrected chi connectivity index (χ4v) is 2.23. The van der Waals surface area contributed by atoms with E-state index in [1.54, 1.807) is 0 Å². The zero-order valence-electron chi connectivity index (χ0n) is 13.6. The summed E-state index contributed by atoms with van der Waals surface area (Å²) in [6.07, 6.45) is 0.220. The van der Waals surface area contributed by atoms with E-state index >= 15 is 0 Å². The third kappa shape index (κ3) is 6.16. The lowest BCUT2D eigenvalue weighted by molar-refractivity contribution is 0.103. The summed E-state index contributed by atoms with van der Waals surface area (Å²) in [5.74, 6) is 0. The van der Waals surface area contributed by atoms with Gasteiger partial charge in [-0.15, -0.1) is 0 Å². The molecule has 0 amide bonds. The van der Waals surface area contributed by atoms with E-state index in [1.165, 1.54) is 5.56 Å². The highest BCUT2D eigenvalue weighted by molar-refractivity contribution is 5.46. The molecule has 1 atom stereocenters. The van der Waals surface area contributed by atoms with Crippen LogP contribution in [-0.4, -0.2) is 42.3 Å². The molecule has 0 saturated carbocycles. The molecule has 1 N–H and O–H groups in total. The topological polar surface area (TPSA) is 50.5 Å². The number of nitriles is 1. The van der Waals surface area contributed by atoms with Crippen LogP contribution in [-0.2, 0) is 6.54 Å². The van der Waals surface area contributed by atoms with Gasteiger partial charge in [-0.25, -0.2) is 0 Å². The van der Waals surface area contributed by atoms with E-state index in [-0.39, 0.29) is 6.10 Å². The van der Waals surface area contributed by atoms with Crippen molar-refractivity contribution in [3.05, 3.63) is 29.8 Å². The van der Waals surface area contributed by atoms with E-state index in [4.69, 9.17) is 5.26 Å². The van der Waals surface area contributed by atoms with Gasteiger partial charge in [0.1, 0.15) is 0 Å². The second kappa shape index (κ2) is 8.66. The molecule has 0 aromatic heterocycles. The number of nitrogens with zero attached hydrogens (tertiary/aromatic N) is 3. The predicted molar refractivity (Wildman–Crippen MR) is 87.2 cm³/mol. The van der Waals surface area contributed by atoms with E-state index in [9.17, 15) is 5.11 Å². The van der Waals surface area contributed by atoms with Gasteiger partial charge in [-0.3, -0.25) is 4.90 Å². The highest BCUT2D eigenvalue weighted by Crippen LogP contribution is 2.16. The van der Waals surface area contributed by atoms with Gasteiger partial charge in [-0.2, -0.15) is 5.26 Å². The lowest BCUT2D eigenvalue weighted by Gasteiger charge is -2.28. The number of aliphatic hydroxyl groups is 1. The Balaban J connectivity index is 2.66. The minimum atomic E-state index is -0.316. The number of hydrogen-bond acceptors (Lipinski definition) is 4. The molecule has 1 aromatic carbocycles. The highest BCUT2D eigenvalue weighted by Gasteiger charge is 2.12. The second-order valence-corrected chi connectivity index (χ2v) is 5.87. The first kappa shape index (κ1) is 17.5. The quantitative estimate of drug-likeness (QED) is 0.799. The molecule has 0 heterocycles. The fourth-order valence-electron chi connectivity index (χ4n) is 2.23. The fraction of sp³-hybridized carbons (Fsp3) is 0.588. The lowest BCUT2D eigenvalue weighted by Crippen LogP contribution is -2.36. The Morgan fingerprint density at radius 1 is 1.19 bits per heavy atom. The van der Waals surface area contributed by atoms with Crippen molar-refractivity contribution in [2.24, 2.45) is 0 Å². The van der Waals surface area contributed by atoms with Crippen molar-refractivity contribution in [1.82, 2.24) is 4.90 Å². The van der Waals surface area contributed by atoms with Gasteiger partial charge in [0.05, 0.1) is 18.6 Å². The van der Waals surface area contributed by atoms with Crippen LogP contribution >= 0.6 is 0 Å². The minimum Gasteiger partial charge on any atom is -0.392 e. The maximum absolute atomic E-state index is 9.57. The number of hydrogen-bond donors (Lipinski definition) is 1. The minimum absolute atomic E-state index is 0.316. The average Bonchev–Trinajstić information content (AvgIpc) is 2.44. The number of benzene rings is 1. The third-order valence-corrected chi connectivity index (χ3v) is 3.55. The smallest absolute Gasteiger partial charge is 0.0640 e. The molecule has 0 spiro atoms. The molecule has 1 rings (SSSR count). The summed E-state index contributed by atoms with van der Waals surface area (Å²) < 4.78 is 0. The summed E-state index contributed by atoms with van der Waals surface area (Å²) in [5, 5.41) is 18.2. The van der Waals surface area contributed by atoms with Gasteiger partial charge in [-0.05, 0) is 38.5 Å². The molecule has 4 nitrogen and oxygen atoms in total. The van der Waals surface area contributed by atoms with E-state index in [0.29, 0.717) is 19.0 Å². The second-order valence-electron chi connectivity index (χ2n) is 5.87. The van der Waals surface area contributed by atoms with Gasteiger partial charge < -0.3 is 10.0 Å². The third-order valence-electron chi connectivity index (χ3n) is 3.55. The van der Waals surface area contributed by atoms with Crippen LogP contribution in [0.3, 0.4) is 0 Å². The lowest BCUT2D eigenvalue weighted by atomic mass is 10.1. The first-order chi connectivity index (χ1) is 9.93. The molecule has 0 saturated heterocycles. The van der Waals surface area contributed by atoms with Crippen LogP contribution in [0.15, 0.2) is 24.3 Å². The van der Waals surface area contributed by atoms with Crippen LogP contribution in [0.25, 0.3) is 0 Å². The Morgan fingerprint density at radius 3 is 2.29 bits per heavy atom. The number of aliphatic hydroxyl groups excluding tert-OH is 1. The Kier molecular flexibility index (Phi) is 7.21. The van der Waals surface area contributed by atoms with E-state index in [1.807, 2.05) is 14.0 Å². The molecule has 0 bridgehead atoms. The van der Waals surface area contributed by atoms with Gasteiger partial charge >= 0.3 is 0 Å². The van der Waals surface area contributed by atoms with E-state index in [2.05, 4.69) is 54.0 Å². The molecule has 0 radical (unpaired) electrons. The molecule has 0 aliphatic carbocycles. The normalized spacial score (nSPS) is 12.5. The van der Waals surface area contributed by atoms with Crippen LogP contribution < -0.4 is 4.90 Å². The largest absolute Gasteiger partial charge is 0.392 e. The van der Waals surface area contributed by atoms with Crippen LogP contribution in [0.2, 0.25) is 0 Å². The summed E-state index contributed by atoms with van der Waals surface area (Å²) >= 11 is 0. The van der Waals surface area contributed by atoms with Gasteiger partial charge in [0.15, 0.2) is 0 Å². The predicted octanol–water partition coefficient (Wildman–Crippen LogP) is 2.63. The zero-order chi connectivity index (χ0) is 15.8. The standard InChI is InChI=1S/C17H27N3O/c1-14(2)20(12-15(3)21)13-16-6-8-17(9-7-16)19(4)11-5-10-18/h6-9,14-15,21H,5,11-13H2,1-4H3. The maximum atomic E-state index is 9.57. The first-order valence-corrected chi connectivity index (χ1v) is 7.53. The SMILES string of the molecule is CC(O)CN(Cc1ccc(N(C)CCC#N)cc1)C(C)C. The number of anilines is 1. The van der Waals surface area contributed by atoms with Crippen molar-refractivity contribution in [3.63, 3.8) is 0 Å². The van der Waals surface area contributed by atoms with Gasteiger partial charge in [0.2, 0.25) is 0 Å². The van der Waals surface area contributed by atoms with Crippen LogP contribution in [0, 0.1) is 11.3 Å². The molecular weight excluding hydrogens is 262 g/mol. The van der Waals surface area contributed by atoms with Gasteiger partial charge in [-0.1, -0.05) is 12.1 Å². The van der Waals surface area contributed by atoms with Gasteiger partial charge in [0, 0.05) is 38.4 Å². The Bertz CT molecular complexity index is 448. The van der Waals surface area contributed by atoms with E-state index in [0.717, 1.165) is 18.8 Å². The Hall–Kier alpha value is -1.57. The average molecular weight is 289 g/mol. The van der Waals surface area contributed by atoms with E-state index < -0.39 is 0 Å². The first-order valence-electron chi connectivity index (χ1n) is 7.53. The molecule has 0 aliphatic heterocycles. The Morgan fingerprint density at radius 2 is 1.81 bits per heavy atom. The summed E-state index contributed by atoms with van der Waals surface area (Å²) in [7, 11) is 2.00. The maximum Gasteiger partial charge on any atom is 0.0640 e. The molecular formula is C17H27N3O. The van der Waals surface area contributed by atoms with Crippen molar-refractivity contribution >= 4 is 5.69 Å². The van der Waals surface area contributed by atoms with Crippen molar-refractivity contribution in [3.8, 4) is 6.07 Å². The summed E-state index contributed by atoms with van der Waals surface area (Å²) in [5.41, 5.74) is 2.36. The summed E-state index contributed by atoms with van der Waals surface area (Å²) in [6.45, 7) is 8.38. The summed E-state index contributed by atoms with van der Waals surface area (Å²) in [6, 6.07) is 11.0. The molecule has 1 unspecified atom stereocenters. The van der Waals surface area contributed by atoms with Crippen molar-refractivity contribution in [2.75, 3.05) is 25.0 Å². The van der Waals surface area contributed by atoms with Crippen LogP contribution in [0.5, 0.6) is 0 Å². The molecule has 0 fully saturated rings. The molecule has 1 aromatic rings. The van der Waals surface area contributed by atoms with Gasteiger partial charge in [0.25, 0.3) is 0 Å². The molecule has 116 valence electrons.